The number of nitrogens with one attached hydrogen (secondary N) is 1. The number of esters is 1. The molecule has 0 aliphatic rings. The minimum atomic E-state index is -0.549. The zero-order valence-electron chi connectivity index (χ0n) is 14.2. The highest BCUT2D eigenvalue weighted by atomic mass is 32.1. The third kappa shape index (κ3) is 6.89. The molecule has 122 valence electrons. The van der Waals surface area contributed by atoms with Crippen LogP contribution in [0, 0.1) is 10.8 Å². The average molecular weight is 316 g/mol. The summed E-state index contributed by atoms with van der Waals surface area (Å²) in [6.07, 6.45) is 0.808. The van der Waals surface area contributed by atoms with Gasteiger partial charge < -0.3 is 14.9 Å². The van der Waals surface area contributed by atoms with Crippen molar-refractivity contribution in [2.24, 2.45) is 16.0 Å². The molecule has 0 atom stereocenters. The predicted molar refractivity (Wildman–Crippen MR) is 89.3 cm³/mol. The average Bonchev–Trinajstić information content (AvgIpc) is 2.39. The van der Waals surface area contributed by atoms with E-state index in [2.05, 4.69) is 10.5 Å². The number of carbonyl (C=O) groups is 1. The molecular weight excluding hydrogens is 288 g/mol. The molecule has 0 amide bonds. The number of oxime groups is 1. The molecular formula is C15H28N2O3S. The lowest BCUT2D eigenvalue weighted by atomic mass is 9.69. The molecule has 0 rings (SSSR count). The van der Waals surface area contributed by atoms with Gasteiger partial charge in [0, 0.05) is 0 Å². The van der Waals surface area contributed by atoms with E-state index in [0.29, 0.717) is 6.54 Å². The first-order valence-electron chi connectivity index (χ1n) is 7.18. The van der Waals surface area contributed by atoms with Crippen LogP contribution in [0.2, 0.25) is 0 Å². The molecule has 0 spiro atoms. The molecule has 6 heteroatoms. The molecule has 0 fully saturated rings. The SMILES string of the molecule is CC/C(C)=N\OC(=S)NCCOC(=O)C(C)(C)C(C)(C)C. The van der Waals surface area contributed by atoms with E-state index in [1.165, 1.54) is 0 Å². The first-order chi connectivity index (χ1) is 9.52. The molecule has 0 aliphatic heterocycles. The van der Waals surface area contributed by atoms with Crippen molar-refractivity contribution in [1.82, 2.24) is 5.32 Å². The standard InChI is InChI=1S/C15H28N2O3S/c1-8-11(2)17-20-13(21)16-9-10-19-12(18)15(6,7)14(3,4)5/h8-10H2,1-7H3,(H,16,21)/b17-11-. The fourth-order valence-electron chi connectivity index (χ4n) is 1.000. The molecule has 1 N–H and O–H groups in total. The number of carbonyl (C=O) groups excluding carboxylic acids is 1. The van der Waals surface area contributed by atoms with Crippen LogP contribution in [0.3, 0.4) is 0 Å². The fraction of sp³-hybridized carbons (Fsp3) is 0.800. The summed E-state index contributed by atoms with van der Waals surface area (Å²) >= 11 is 4.95. The molecule has 0 radical (unpaired) electrons. The van der Waals surface area contributed by atoms with E-state index in [1.54, 1.807) is 0 Å². The Bertz CT molecular complexity index is 398. The number of nitrogens with zero attached hydrogens (tertiary/aromatic N) is 1. The molecule has 0 aliphatic carbocycles. The van der Waals surface area contributed by atoms with E-state index in [9.17, 15) is 4.79 Å². The van der Waals surface area contributed by atoms with E-state index < -0.39 is 5.41 Å². The van der Waals surface area contributed by atoms with Crippen LogP contribution >= 0.6 is 12.2 Å². The molecule has 0 aromatic heterocycles. The second-order valence-electron chi connectivity index (χ2n) is 6.50. The van der Waals surface area contributed by atoms with Gasteiger partial charge >= 0.3 is 5.97 Å². The Hall–Kier alpha value is -1.17. The third-order valence-corrected chi connectivity index (χ3v) is 4.00. The smallest absolute Gasteiger partial charge is 0.312 e. The first kappa shape index (κ1) is 19.8. The van der Waals surface area contributed by atoms with E-state index in [-0.39, 0.29) is 23.2 Å². The van der Waals surface area contributed by atoms with Gasteiger partial charge in [0.2, 0.25) is 0 Å². The van der Waals surface area contributed by atoms with Crippen molar-refractivity contribution >= 4 is 29.1 Å². The summed E-state index contributed by atoms with van der Waals surface area (Å²) in [6.45, 7) is 14.3. The molecule has 0 saturated heterocycles. The van der Waals surface area contributed by atoms with Gasteiger partial charge in [-0.1, -0.05) is 32.9 Å². The van der Waals surface area contributed by atoms with Gasteiger partial charge in [0.1, 0.15) is 6.61 Å². The summed E-state index contributed by atoms with van der Waals surface area (Å²) in [7, 11) is 0. The lowest BCUT2D eigenvalue weighted by molar-refractivity contribution is -0.160. The van der Waals surface area contributed by atoms with Gasteiger partial charge in [-0.25, -0.2) is 0 Å². The van der Waals surface area contributed by atoms with Gasteiger partial charge in [0.15, 0.2) is 0 Å². The van der Waals surface area contributed by atoms with Crippen molar-refractivity contribution in [3.05, 3.63) is 0 Å². The van der Waals surface area contributed by atoms with Crippen LogP contribution in [0.15, 0.2) is 5.16 Å². The lowest BCUT2D eigenvalue weighted by Gasteiger charge is -2.36. The van der Waals surface area contributed by atoms with Crippen molar-refractivity contribution < 1.29 is 14.4 Å². The molecule has 21 heavy (non-hydrogen) atoms. The Morgan fingerprint density at radius 3 is 2.29 bits per heavy atom. The Morgan fingerprint density at radius 1 is 1.24 bits per heavy atom. The normalized spacial score (nSPS) is 12.8. The highest BCUT2D eigenvalue weighted by molar-refractivity contribution is 7.80. The second kappa shape index (κ2) is 8.32. The maximum atomic E-state index is 12.1. The monoisotopic (exact) mass is 316 g/mol. The molecule has 0 aromatic carbocycles. The minimum Gasteiger partial charge on any atom is -0.463 e. The van der Waals surface area contributed by atoms with Crippen LogP contribution in [0.5, 0.6) is 0 Å². The van der Waals surface area contributed by atoms with Gasteiger partial charge in [-0.3, -0.25) is 4.79 Å². The summed E-state index contributed by atoms with van der Waals surface area (Å²) in [5.74, 6) is -0.219. The Labute approximate surface area is 133 Å². The highest BCUT2D eigenvalue weighted by Crippen LogP contribution is 2.38. The third-order valence-electron chi connectivity index (χ3n) is 3.79. The van der Waals surface area contributed by atoms with Crippen molar-refractivity contribution in [3.8, 4) is 0 Å². The predicted octanol–water partition coefficient (Wildman–Crippen LogP) is 3.28. The number of hydrogen-bond donors (Lipinski definition) is 1. The molecule has 0 saturated carbocycles. The first-order valence-corrected chi connectivity index (χ1v) is 7.58. The van der Waals surface area contributed by atoms with Crippen LogP contribution in [0.25, 0.3) is 0 Å². The van der Waals surface area contributed by atoms with Crippen LogP contribution in [0.4, 0.5) is 0 Å². The second-order valence-corrected chi connectivity index (χ2v) is 6.87. The molecule has 5 nitrogen and oxygen atoms in total. The van der Waals surface area contributed by atoms with Gasteiger partial charge in [-0.15, -0.1) is 0 Å². The van der Waals surface area contributed by atoms with Crippen molar-refractivity contribution in [1.29, 1.82) is 0 Å². The van der Waals surface area contributed by atoms with Crippen LogP contribution in [0.1, 0.15) is 54.9 Å². The summed E-state index contributed by atoms with van der Waals surface area (Å²) in [5.41, 5.74) is 0.145. The zero-order chi connectivity index (χ0) is 16.7. The van der Waals surface area contributed by atoms with Gasteiger partial charge in [-0.2, -0.15) is 0 Å². The van der Waals surface area contributed by atoms with Gasteiger partial charge in [-0.05, 0) is 44.8 Å². The Kier molecular flexibility index (Phi) is 7.85. The summed E-state index contributed by atoms with van der Waals surface area (Å²) in [5, 5.41) is 6.84. The Balaban J connectivity index is 4.07. The lowest BCUT2D eigenvalue weighted by Crippen LogP contribution is -2.40. The number of thiocarbonyl (C=S) groups is 1. The summed E-state index contributed by atoms with van der Waals surface area (Å²) < 4.78 is 5.28. The fourth-order valence-corrected chi connectivity index (χ4v) is 1.14. The molecule has 0 bridgehead atoms. The van der Waals surface area contributed by atoms with Crippen molar-refractivity contribution in [2.45, 2.75) is 54.9 Å². The van der Waals surface area contributed by atoms with E-state index in [0.717, 1.165) is 12.1 Å². The van der Waals surface area contributed by atoms with Crippen molar-refractivity contribution in [2.75, 3.05) is 13.2 Å². The maximum Gasteiger partial charge on any atom is 0.312 e. The number of hydrogen-bond acceptors (Lipinski definition) is 5. The van der Waals surface area contributed by atoms with E-state index in [1.807, 2.05) is 48.5 Å². The highest BCUT2D eigenvalue weighted by Gasteiger charge is 2.41. The maximum absolute atomic E-state index is 12.1. The van der Waals surface area contributed by atoms with E-state index in [4.69, 9.17) is 21.8 Å². The van der Waals surface area contributed by atoms with Crippen LogP contribution in [-0.2, 0) is 14.4 Å². The van der Waals surface area contributed by atoms with E-state index >= 15 is 0 Å². The largest absolute Gasteiger partial charge is 0.463 e. The van der Waals surface area contributed by atoms with Crippen LogP contribution in [-0.4, -0.2) is 30.0 Å². The molecule has 0 unspecified atom stereocenters. The van der Waals surface area contributed by atoms with Gasteiger partial charge in [0.25, 0.3) is 5.17 Å². The summed E-state index contributed by atoms with van der Waals surface area (Å²) in [6, 6.07) is 0. The zero-order valence-corrected chi connectivity index (χ0v) is 15.0. The molecule has 0 aromatic rings. The number of rotatable bonds is 6. The van der Waals surface area contributed by atoms with Crippen LogP contribution < -0.4 is 5.32 Å². The topological polar surface area (TPSA) is 59.9 Å². The van der Waals surface area contributed by atoms with Gasteiger partial charge in [0.05, 0.1) is 17.7 Å². The Morgan fingerprint density at radius 2 is 1.81 bits per heavy atom. The molecule has 0 heterocycles. The number of ether oxygens (including phenoxy) is 1. The quantitative estimate of drug-likeness (QED) is 0.268. The van der Waals surface area contributed by atoms with Crippen molar-refractivity contribution in [3.63, 3.8) is 0 Å². The minimum absolute atomic E-state index is 0.164. The summed E-state index contributed by atoms with van der Waals surface area (Å²) in [4.78, 5) is 17.1.